The van der Waals surface area contributed by atoms with Crippen LogP contribution in [0.4, 0.5) is 0 Å². The fourth-order valence-corrected chi connectivity index (χ4v) is 1.84. The van der Waals surface area contributed by atoms with Gasteiger partial charge < -0.3 is 10.8 Å². The molecule has 3 N–H and O–H groups in total. The molecule has 2 aliphatic carbocycles. The van der Waals surface area contributed by atoms with Gasteiger partial charge in [0.05, 0.1) is 6.10 Å². The molecule has 2 saturated carbocycles. The Morgan fingerprint density at radius 2 is 1.73 bits per heavy atom. The van der Waals surface area contributed by atoms with E-state index < -0.39 is 6.10 Å². The smallest absolute Gasteiger partial charge is 0.0768 e. The third kappa shape index (κ3) is 2.36. The lowest BCUT2D eigenvalue weighted by molar-refractivity contribution is 0.169. The molecule has 2 aliphatic rings. The Bertz CT molecular complexity index is 201. The molecule has 10 radical (unpaired) electrons. The van der Waals surface area contributed by atoms with Crippen LogP contribution in [0.1, 0.15) is 6.92 Å². The molecule has 0 bridgehead atoms. The highest BCUT2D eigenvalue weighted by molar-refractivity contribution is 5.48. The first-order valence-electron chi connectivity index (χ1n) is 5.07. The minimum absolute atomic E-state index is 0.346. The van der Waals surface area contributed by atoms with Crippen molar-refractivity contribution in [1.82, 2.24) is 0 Å². The Kier molecular flexibility index (Phi) is 3.68. The molecule has 2 fully saturated rings. The van der Waals surface area contributed by atoms with Crippen LogP contribution in [0, 0.1) is 62.7 Å². The Labute approximate surface area is 93.2 Å². The summed E-state index contributed by atoms with van der Waals surface area (Å²) in [7, 11) is 0. The molecule has 0 aromatic rings. The van der Waals surface area contributed by atoms with Gasteiger partial charge in [0.1, 0.15) is 0 Å². The van der Waals surface area contributed by atoms with Crippen LogP contribution in [-0.2, 0) is 0 Å². The van der Waals surface area contributed by atoms with Crippen molar-refractivity contribution in [3.05, 3.63) is 62.7 Å². The summed E-state index contributed by atoms with van der Waals surface area (Å²) in [5.74, 6) is 2.98. The molecule has 15 heavy (non-hydrogen) atoms. The zero-order chi connectivity index (χ0) is 10.8. The van der Waals surface area contributed by atoms with Gasteiger partial charge in [0.2, 0.25) is 0 Å². The van der Waals surface area contributed by atoms with E-state index in [1.54, 1.807) is 0 Å². The molecule has 0 heterocycles. The van der Waals surface area contributed by atoms with Crippen molar-refractivity contribution in [2.24, 2.45) is 5.73 Å². The summed E-state index contributed by atoms with van der Waals surface area (Å²) in [4.78, 5) is 0. The van der Waals surface area contributed by atoms with Crippen molar-refractivity contribution >= 4 is 0 Å². The molecule has 0 unspecified atom stereocenters. The van der Waals surface area contributed by atoms with Crippen LogP contribution in [-0.4, -0.2) is 17.3 Å². The summed E-state index contributed by atoms with van der Waals surface area (Å²) in [5, 5.41) is 10.1. The maximum absolute atomic E-state index is 10.1. The largest absolute Gasteiger partial charge is 0.391 e. The Morgan fingerprint density at radius 3 is 2.27 bits per heavy atom. The third-order valence-electron chi connectivity index (χ3n) is 2.81. The van der Waals surface area contributed by atoms with Gasteiger partial charge in [-0.2, -0.15) is 0 Å². The van der Waals surface area contributed by atoms with Gasteiger partial charge >= 0.3 is 0 Å². The van der Waals surface area contributed by atoms with E-state index in [9.17, 15) is 5.11 Å². The van der Waals surface area contributed by atoms with Crippen LogP contribution in [0.3, 0.4) is 0 Å². The quantitative estimate of drug-likeness (QED) is 0.712. The topological polar surface area (TPSA) is 46.2 Å². The van der Waals surface area contributed by atoms with E-state index in [2.05, 4.69) is 0 Å². The van der Waals surface area contributed by atoms with Gasteiger partial charge in [0, 0.05) is 17.9 Å². The Balaban J connectivity index is 1.90. The van der Waals surface area contributed by atoms with Crippen molar-refractivity contribution in [2.45, 2.75) is 19.1 Å². The number of rotatable bonds is 3. The van der Waals surface area contributed by atoms with Crippen molar-refractivity contribution in [2.75, 3.05) is 0 Å². The van der Waals surface area contributed by atoms with E-state index in [1.807, 2.05) is 51.9 Å². The summed E-state index contributed by atoms with van der Waals surface area (Å²) in [5.41, 5.74) is 5.99. The van der Waals surface area contributed by atoms with Crippen LogP contribution in [0.2, 0.25) is 0 Å². The number of nitrogens with two attached hydrogens (primary N) is 1. The SMILES string of the molecule is C[C]1[CH][CH][CH][C]1[C@H](O)[C@H](N)[C]1[CH][CH][CH][CH]1. The highest BCUT2D eigenvalue weighted by Gasteiger charge is 2.38. The lowest BCUT2D eigenvalue weighted by Crippen LogP contribution is -2.43. The zero-order valence-corrected chi connectivity index (χ0v) is 8.72. The van der Waals surface area contributed by atoms with Gasteiger partial charge in [-0.1, -0.05) is 6.92 Å². The normalized spacial score (nSPS) is 29.8. The molecule has 0 aromatic carbocycles. The third-order valence-corrected chi connectivity index (χ3v) is 2.81. The minimum Gasteiger partial charge on any atom is -0.391 e. The monoisotopic (exact) mass is 201 g/mol. The second kappa shape index (κ2) is 4.84. The van der Waals surface area contributed by atoms with Gasteiger partial charge in [-0.3, -0.25) is 0 Å². The van der Waals surface area contributed by atoms with Crippen LogP contribution >= 0.6 is 0 Å². The van der Waals surface area contributed by atoms with Crippen molar-refractivity contribution in [1.29, 1.82) is 0 Å². The van der Waals surface area contributed by atoms with E-state index in [0.717, 1.165) is 17.8 Å². The molecule has 0 saturated heterocycles. The lowest BCUT2D eigenvalue weighted by atomic mass is 9.83. The summed E-state index contributed by atoms with van der Waals surface area (Å²) in [6.07, 6.45) is 12.9. The highest BCUT2D eigenvalue weighted by atomic mass is 16.3. The highest BCUT2D eigenvalue weighted by Crippen LogP contribution is 2.38. The fraction of sp³-hybridized carbons (Fsp3) is 0.231. The molecule has 0 aliphatic heterocycles. The van der Waals surface area contributed by atoms with Crippen LogP contribution in [0.25, 0.3) is 0 Å². The van der Waals surface area contributed by atoms with Crippen molar-refractivity contribution in [3.8, 4) is 0 Å². The number of hydrogen-bond donors (Lipinski definition) is 2. The molecule has 2 atom stereocenters. The summed E-state index contributed by atoms with van der Waals surface area (Å²) in [6, 6.07) is -0.346. The maximum Gasteiger partial charge on any atom is 0.0768 e. The minimum atomic E-state index is -0.623. The first kappa shape index (κ1) is 11.4. The lowest BCUT2D eigenvalue weighted by Gasteiger charge is -2.29. The molecule has 2 rings (SSSR count). The standard InChI is InChI=1S/C13H15NO/c1-9-5-4-8-11(9)13(15)12(14)10-6-2-3-7-10/h2-8,12-13,15H,14H2,1H3/t12-,13+/m1/s1. The van der Waals surface area contributed by atoms with E-state index in [-0.39, 0.29) is 6.04 Å². The molecule has 0 amide bonds. The van der Waals surface area contributed by atoms with E-state index in [1.165, 1.54) is 0 Å². The average molecular weight is 201 g/mol. The van der Waals surface area contributed by atoms with Crippen LogP contribution in [0.5, 0.6) is 0 Å². The molecular weight excluding hydrogens is 186 g/mol. The van der Waals surface area contributed by atoms with E-state index in [4.69, 9.17) is 5.73 Å². The average Bonchev–Trinajstić information content (AvgIpc) is 2.85. The number of aliphatic hydroxyl groups is 1. The summed E-state index contributed by atoms with van der Waals surface area (Å²) in [6.45, 7) is 1.98. The molecule has 0 aromatic heterocycles. The molecule has 2 heteroatoms. The van der Waals surface area contributed by atoms with Gasteiger partial charge in [-0.25, -0.2) is 0 Å². The maximum atomic E-state index is 10.1. The first-order chi connectivity index (χ1) is 7.20. The first-order valence-corrected chi connectivity index (χ1v) is 5.07. The predicted molar refractivity (Wildman–Crippen MR) is 59.5 cm³/mol. The van der Waals surface area contributed by atoms with E-state index >= 15 is 0 Å². The second-order valence-corrected chi connectivity index (χ2v) is 3.85. The summed E-state index contributed by atoms with van der Waals surface area (Å²) >= 11 is 0. The Morgan fingerprint density at radius 1 is 1.07 bits per heavy atom. The van der Waals surface area contributed by atoms with Crippen molar-refractivity contribution < 1.29 is 5.11 Å². The number of hydrogen-bond acceptors (Lipinski definition) is 2. The zero-order valence-electron chi connectivity index (χ0n) is 8.72. The van der Waals surface area contributed by atoms with Gasteiger partial charge in [-0.15, -0.1) is 0 Å². The van der Waals surface area contributed by atoms with Crippen LogP contribution < -0.4 is 5.73 Å². The van der Waals surface area contributed by atoms with Gasteiger partial charge in [0.25, 0.3) is 0 Å². The Hall–Kier alpha value is -0.0800. The fourth-order valence-electron chi connectivity index (χ4n) is 1.84. The van der Waals surface area contributed by atoms with Gasteiger partial charge in [0.15, 0.2) is 0 Å². The molecule has 0 spiro atoms. The van der Waals surface area contributed by atoms with Crippen LogP contribution in [0.15, 0.2) is 0 Å². The number of aliphatic hydroxyl groups excluding tert-OH is 1. The molecule has 2 nitrogen and oxygen atoms in total. The second-order valence-electron chi connectivity index (χ2n) is 3.85. The van der Waals surface area contributed by atoms with Gasteiger partial charge in [-0.05, 0) is 50.9 Å². The van der Waals surface area contributed by atoms with E-state index in [0.29, 0.717) is 0 Å². The molecule has 78 valence electrons. The summed E-state index contributed by atoms with van der Waals surface area (Å²) < 4.78 is 0. The molecular formula is C13H15NO. The van der Waals surface area contributed by atoms with Crippen molar-refractivity contribution in [3.63, 3.8) is 0 Å². The predicted octanol–water partition coefficient (Wildman–Crippen LogP) is 0.875.